The van der Waals surface area contributed by atoms with E-state index in [1.165, 1.54) is 48.5 Å². The van der Waals surface area contributed by atoms with Gasteiger partial charge in [0.25, 0.3) is 11.4 Å². The first kappa shape index (κ1) is 15.1. The van der Waals surface area contributed by atoms with E-state index in [2.05, 4.69) is 0 Å². The van der Waals surface area contributed by atoms with Crippen LogP contribution in [0.2, 0.25) is 0 Å². The molecule has 1 aliphatic heterocycles. The van der Waals surface area contributed by atoms with Gasteiger partial charge in [-0.25, -0.2) is 19.4 Å². The summed E-state index contributed by atoms with van der Waals surface area (Å²) in [4.78, 5) is 46.1. The monoisotopic (exact) mass is 328 g/mol. The standard InChI is InChI=1S/C14H8N4O6/c19-13-15(9-1-5-11(6-2-9)17(21)22)14(20)16(13)10-3-7-12(8-4-10)18(23)24/h1-8H. The summed E-state index contributed by atoms with van der Waals surface area (Å²) in [7, 11) is 0. The van der Waals surface area contributed by atoms with Gasteiger partial charge in [-0.05, 0) is 24.3 Å². The molecular formula is C14H8N4O6. The van der Waals surface area contributed by atoms with Gasteiger partial charge < -0.3 is 0 Å². The molecule has 1 heterocycles. The summed E-state index contributed by atoms with van der Waals surface area (Å²) in [5.41, 5.74) is 0.0836. The van der Waals surface area contributed by atoms with Gasteiger partial charge in [0, 0.05) is 24.3 Å². The Labute approximate surface area is 133 Å². The zero-order chi connectivity index (χ0) is 17.4. The molecule has 3 rings (SSSR count). The summed E-state index contributed by atoms with van der Waals surface area (Å²) in [5.74, 6) is 0. The van der Waals surface area contributed by atoms with E-state index in [0.29, 0.717) is 0 Å². The highest BCUT2D eigenvalue weighted by atomic mass is 16.6. The fourth-order valence-electron chi connectivity index (χ4n) is 2.21. The van der Waals surface area contributed by atoms with Gasteiger partial charge in [-0.2, -0.15) is 0 Å². The van der Waals surface area contributed by atoms with E-state index in [9.17, 15) is 29.8 Å². The van der Waals surface area contributed by atoms with Crippen LogP contribution in [0, 0.1) is 20.2 Å². The van der Waals surface area contributed by atoms with Gasteiger partial charge in [0.1, 0.15) is 0 Å². The number of nitro benzene ring substituents is 2. The summed E-state index contributed by atoms with van der Waals surface area (Å²) in [6.45, 7) is 0. The number of carbonyl (C=O) groups excluding carboxylic acids is 2. The molecule has 2 aromatic carbocycles. The lowest BCUT2D eigenvalue weighted by Crippen LogP contribution is -2.64. The van der Waals surface area contributed by atoms with Crippen LogP contribution in [0.15, 0.2) is 48.5 Å². The zero-order valence-electron chi connectivity index (χ0n) is 11.9. The van der Waals surface area contributed by atoms with Gasteiger partial charge >= 0.3 is 12.1 Å². The van der Waals surface area contributed by atoms with Gasteiger partial charge in [-0.1, -0.05) is 0 Å². The summed E-state index contributed by atoms with van der Waals surface area (Å²) >= 11 is 0. The number of anilines is 2. The highest BCUT2D eigenvalue weighted by Gasteiger charge is 2.46. The molecule has 24 heavy (non-hydrogen) atoms. The lowest BCUT2D eigenvalue weighted by molar-refractivity contribution is -0.385. The molecule has 0 radical (unpaired) electrons. The van der Waals surface area contributed by atoms with E-state index >= 15 is 0 Å². The minimum absolute atomic E-state index is 0.161. The molecule has 0 spiro atoms. The fraction of sp³-hybridized carbons (Fsp3) is 0. The van der Waals surface area contributed by atoms with E-state index in [1.54, 1.807) is 0 Å². The zero-order valence-corrected chi connectivity index (χ0v) is 11.9. The number of urea groups is 2. The summed E-state index contributed by atoms with van der Waals surface area (Å²) in [5, 5.41) is 21.2. The lowest BCUT2D eigenvalue weighted by atomic mass is 10.2. The van der Waals surface area contributed by atoms with Gasteiger partial charge in [0.05, 0.1) is 21.2 Å². The largest absolute Gasteiger partial charge is 0.345 e. The Kier molecular flexibility index (Phi) is 3.41. The topological polar surface area (TPSA) is 127 Å². The highest BCUT2D eigenvalue weighted by molar-refractivity contribution is 6.41. The maximum atomic E-state index is 12.2. The normalized spacial score (nSPS) is 13.7. The van der Waals surface area contributed by atoms with Crippen LogP contribution >= 0.6 is 0 Å². The van der Waals surface area contributed by atoms with E-state index in [4.69, 9.17) is 0 Å². The second kappa shape index (κ2) is 5.43. The molecule has 1 fully saturated rings. The molecule has 2 aromatic rings. The van der Waals surface area contributed by atoms with Crippen LogP contribution in [0.25, 0.3) is 0 Å². The molecule has 120 valence electrons. The maximum Gasteiger partial charge on any atom is 0.345 e. The smallest absolute Gasteiger partial charge is 0.258 e. The van der Waals surface area contributed by atoms with E-state index in [-0.39, 0.29) is 22.7 Å². The van der Waals surface area contributed by atoms with Gasteiger partial charge in [0.15, 0.2) is 0 Å². The number of amides is 4. The molecule has 0 atom stereocenters. The Morgan fingerprint density at radius 3 is 1.17 bits per heavy atom. The maximum absolute atomic E-state index is 12.2. The molecular weight excluding hydrogens is 320 g/mol. The van der Waals surface area contributed by atoms with Gasteiger partial charge in [-0.3, -0.25) is 20.2 Å². The average Bonchev–Trinajstić information content (AvgIpc) is 2.56. The summed E-state index contributed by atoms with van der Waals surface area (Å²) in [6.07, 6.45) is 0. The number of hydrogen-bond donors (Lipinski definition) is 0. The van der Waals surface area contributed by atoms with Crippen LogP contribution in [-0.4, -0.2) is 21.9 Å². The van der Waals surface area contributed by atoms with Crippen molar-refractivity contribution < 1.29 is 19.4 Å². The highest BCUT2D eigenvalue weighted by Crippen LogP contribution is 2.32. The molecule has 0 unspecified atom stereocenters. The Morgan fingerprint density at radius 1 is 0.625 bits per heavy atom. The second-order valence-electron chi connectivity index (χ2n) is 4.78. The van der Waals surface area contributed by atoms with Crippen molar-refractivity contribution in [3.8, 4) is 0 Å². The third-order valence-electron chi connectivity index (χ3n) is 3.40. The number of non-ortho nitro benzene ring substituents is 2. The van der Waals surface area contributed by atoms with Crippen molar-refractivity contribution in [1.82, 2.24) is 0 Å². The summed E-state index contributed by atoms with van der Waals surface area (Å²) < 4.78 is 0. The number of nitrogens with zero attached hydrogens (tertiary/aromatic N) is 4. The predicted molar refractivity (Wildman–Crippen MR) is 81.9 cm³/mol. The van der Waals surface area contributed by atoms with Crippen molar-refractivity contribution in [1.29, 1.82) is 0 Å². The number of rotatable bonds is 4. The third kappa shape index (κ3) is 2.31. The number of imide groups is 2. The van der Waals surface area contributed by atoms with Crippen LogP contribution in [0.4, 0.5) is 32.3 Å². The Balaban J connectivity index is 1.81. The first-order valence-electron chi connectivity index (χ1n) is 6.57. The number of hydrogen-bond acceptors (Lipinski definition) is 6. The molecule has 10 nitrogen and oxygen atoms in total. The molecule has 10 heteroatoms. The molecule has 1 saturated heterocycles. The molecule has 0 N–H and O–H groups in total. The van der Waals surface area contributed by atoms with Crippen molar-refractivity contribution in [3.05, 3.63) is 68.8 Å². The van der Waals surface area contributed by atoms with Gasteiger partial charge in [-0.15, -0.1) is 0 Å². The summed E-state index contributed by atoms with van der Waals surface area (Å²) in [6, 6.07) is 8.61. The molecule has 0 aliphatic carbocycles. The van der Waals surface area contributed by atoms with Crippen molar-refractivity contribution in [3.63, 3.8) is 0 Å². The van der Waals surface area contributed by atoms with Crippen LogP contribution < -0.4 is 9.80 Å². The van der Waals surface area contributed by atoms with Crippen molar-refractivity contribution >= 4 is 34.8 Å². The minimum atomic E-state index is -0.650. The Bertz CT molecular complexity index is 776. The first-order valence-corrected chi connectivity index (χ1v) is 6.57. The van der Waals surface area contributed by atoms with E-state index < -0.39 is 21.9 Å². The number of benzene rings is 2. The SMILES string of the molecule is O=C1N(c2ccc([N+](=O)[O-])cc2)C(=O)N1c1ccc([N+](=O)[O-])cc1. The first-order chi connectivity index (χ1) is 11.4. The molecule has 0 aromatic heterocycles. The minimum Gasteiger partial charge on any atom is -0.258 e. The van der Waals surface area contributed by atoms with Crippen molar-refractivity contribution in [2.75, 3.05) is 9.80 Å². The quantitative estimate of drug-likeness (QED) is 0.627. The Hall–Kier alpha value is -3.82. The van der Waals surface area contributed by atoms with Crippen LogP contribution in [0.3, 0.4) is 0 Å². The number of nitro groups is 2. The Morgan fingerprint density at radius 2 is 0.917 bits per heavy atom. The van der Waals surface area contributed by atoms with Crippen LogP contribution in [-0.2, 0) is 0 Å². The molecule has 0 bridgehead atoms. The molecule has 4 amide bonds. The average molecular weight is 328 g/mol. The van der Waals surface area contributed by atoms with Crippen LogP contribution in [0.1, 0.15) is 0 Å². The lowest BCUT2D eigenvalue weighted by Gasteiger charge is -2.38. The van der Waals surface area contributed by atoms with Crippen LogP contribution in [0.5, 0.6) is 0 Å². The van der Waals surface area contributed by atoms with Gasteiger partial charge in [0.2, 0.25) is 0 Å². The van der Waals surface area contributed by atoms with Crippen molar-refractivity contribution in [2.24, 2.45) is 0 Å². The molecule has 0 saturated carbocycles. The molecule has 1 aliphatic rings. The fourth-order valence-corrected chi connectivity index (χ4v) is 2.21. The third-order valence-corrected chi connectivity index (χ3v) is 3.40. The van der Waals surface area contributed by atoms with E-state index in [1.807, 2.05) is 0 Å². The second-order valence-corrected chi connectivity index (χ2v) is 4.78. The number of carbonyl (C=O) groups is 2. The predicted octanol–water partition coefficient (Wildman–Crippen LogP) is 3.07. The van der Waals surface area contributed by atoms with Crippen molar-refractivity contribution in [2.45, 2.75) is 0 Å². The van der Waals surface area contributed by atoms with E-state index in [0.717, 1.165) is 9.80 Å².